The first-order valence-corrected chi connectivity index (χ1v) is 17.0. The van der Waals surface area contributed by atoms with E-state index in [2.05, 4.69) is 20.8 Å². The van der Waals surface area contributed by atoms with Gasteiger partial charge < -0.3 is 29.9 Å². The van der Waals surface area contributed by atoms with E-state index in [1.807, 2.05) is 0 Å². The summed E-state index contributed by atoms with van der Waals surface area (Å²) in [6.07, 6.45) is -0.436. The SMILES string of the molecule is CC(C)C(NC(=O)C(CCC(=O)O)NC(=O)OC(C)(C)C)C(=O)CCN(C(=O)C(Cl)Cl)c1ccnc(-c2cc(-c3c(Cl)cccc3Cl)no2)c1. The molecule has 1 aromatic carbocycles. The number of ketones is 1. The molecule has 0 bridgehead atoms. The number of hydrogen-bond donors (Lipinski definition) is 3. The molecule has 50 heavy (non-hydrogen) atoms. The number of hydrogen-bond acceptors (Lipinski definition) is 9. The molecule has 0 saturated heterocycles. The number of pyridine rings is 1. The molecule has 2 heterocycles. The van der Waals surface area contributed by atoms with Gasteiger partial charge in [0.15, 0.2) is 16.4 Å². The molecule has 3 rings (SSSR count). The summed E-state index contributed by atoms with van der Waals surface area (Å²) >= 11 is 24.6. The van der Waals surface area contributed by atoms with Crippen molar-refractivity contribution in [1.82, 2.24) is 20.8 Å². The average molecular weight is 773 g/mol. The van der Waals surface area contributed by atoms with Crippen molar-refractivity contribution in [3.63, 3.8) is 0 Å². The van der Waals surface area contributed by atoms with E-state index in [1.54, 1.807) is 58.9 Å². The second-order valence-electron chi connectivity index (χ2n) is 12.4. The van der Waals surface area contributed by atoms with Crippen molar-refractivity contribution in [2.75, 3.05) is 11.4 Å². The number of rotatable bonds is 15. The fraction of sp³-hybridized carbons (Fsp3) is 0.424. The number of alkyl carbamates (subject to hydrolysis) is 1. The molecule has 0 aliphatic carbocycles. The molecule has 0 fully saturated rings. The number of amides is 3. The van der Waals surface area contributed by atoms with Crippen molar-refractivity contribution in [3.05, 3.63) is 52.6 Å². The van der Waals surface area contributed by atoms with Gasteiger partial charge in [0.2, 0.25) is 5.91 Å². The summed E-state index contributed by atoms with van der Waals surface area (Å²) in [6.45, 7) is 8.10. The number of carbonyl (C=O) groups is 5. The highest BCUT2D eigenvalue weighted by Crippen LogP contribution is 2.36. The topological polar surface area (TPSA) is 181 Å². The quantitative estimate of drug-likeness (QED) is 0.141. The zero-order chi connectivity index (χ0) is 37.3. The zero-order valence-corrected chi connectivity index (χ0v) is 30.9. The van der Waals surface area contributed by atoms with E-state index in [-0.39, 0.29) is 36.5 Å². The Labute approximate surface area is 308 Å². The molecular formula is C33H37Cl4N5O8. The van der Waals surface area contributed by atoms with Gasteiger partial charge in [-0.25, -0.2) is 4.79 Å². The van der Waals surface area contributed by atoms with E-state index in [1.165, 1.54) is 23.2 Å². The van der Waals surface area contributed by atoms with E-state index in [4.69, 9.17) is 55.7 Å². The lowest BCUT2D eigenvalue weighted by molar-refractivity contribution is -0.137. The molecule has 3 aromatic rings. The van der Waals surface area contributed by atoms with Crippen molar-refractivity contribution in [3.8, 4) is 22.7 Å². The van der Waals surface area contributed by atoms with Crippen LogP contribution in [-0.2, 0) is 23.9 Å². The number of carbonyl (C=O) groups excluding carboxylic acids is 4. The first-order chi connectivity index (χ1) is 23.4. The molecule has 2 atom stereocenters. The van der Waals surface area contributed by atoms with Crippen LogP contribution in [-0.4, -0.2) is 74.0 Å². The molecule has 270 valence electrons. The molecular weight excluding hydrogens is 736 g/mol. The van der Waals surface area contributed by atoms with Crippen LogP contribution in [0.4, 0.5) is 10.5 Å². The van der Waals surface area contributed by atoms with Crippen LogP contribution < -0.4 is 15.5 Å². The minimum absolute atomic E-state index is 0.189. The number of aromatic nitrogens is 2. The number of carboxylic acid groups (broad SMARTS) is 1. The van der Waals surface area contributed by atoms with Gasteiger partial charge in [0, 0.05) is 42.9 Å². The number of nitrogens with one attached hydrogen (secondary N) is 2. The largest absolute Gasteiger partial charge is 0.481 e. The van der Waals surface area contributed by atoms with Crippen LogP contribution in [0.25, 0.3) is 22.7 Å². The van der Waals surface area contributed by atoms with Crippen LogP contribution in [0.5, 0.6) is 0 Å². The van der Waals surface area contributed by atoms with E-state index in [0.717, 1.165) is 0 Å². The van der Waals surface area contributed by atoms with Crippen LogP contribution in [0.1, 0.15) is 53.9 Å². The molecule has 0 spiro atoms. The van der Waals surface area contributed by atoms with Gasteiger partial charge in [0.25, 0.3) is 5.91 Å². The smallest absolute Gasteiger partial charge is 0.408 e. The molecule has 2 unspecified atom stereocenters. The molecule has 0 saturated carbocycles. The highest BCUT2D eigenvalue weighted by Gasteiger charge is 2.31. The Hall–Kier alpha value is -3.91. The maximum atomic E-state index is 13.5. The highest BCUT2D eigenvalue weighted by atomic mass is 35.5. The summed E-state index contributed by atoms with van der Waals surface area (Å²) in [6, 6.07) is 7.26. The first-order valence-electron chi connectivity index (χ1n) is 15.4. The summed E-state index contributed by atoms with van der Waals surface area (Å²) in [4.78, 5) is 67.7. The Morgan fingerprint density at radius 1 is 0.980 bits per heavy atom. The molecule has 3 amide bonds. The Morgan fingerprint density at radius 3 is 2.22 bits per heavy atom. The maximum absolute atomic E-state index is 13.5. The number of carboxylic acids is 1. The van der Waals surface area contributed by atoms with Crippen molar-refractivity contribution < 1.29 is 38.3 Å². The molecule has 17 heteroatoms. The van der Waals surface area contributed by atoms with Gasteiger partial charge in [0.1, 0.15) is 23.0 Å². The summed E-state index contributed by atoms with van der Waals surface area (Å²) < 4.78 is 10.7. The van der Waals surface area contributed by atoms with Crippen LogP contribution in [0.15, 0.2) is 47.1 Å². The summed E-state index contributed by atoms with van der Waals surface area (Å²) in [5, 5.41) is 19.0. The van der Waals surface area contributed by atoms with Crippen LogP contribution in [0.3, 0.4) is 0 Å². The number of anilines is 1. The van der Waals surface area contributed by atoms with Gasteiger partial charge in [-0.3, -0.25) is 24.2 Å². The molecule has 3 N–H and O–H groups in total. The molecule has 0 aliphatic rings. The minimum atomic E-state index is -1.48. The van der Waals surface area contributed by atoms with Crippen molar-refractivity contribution >= 4 is 81.8 Å². The zero-order valence-electron chi connectivity index (χ0n) is 27.8. The van der Waals surface area contributed by atoms with Crippen molar-refractivity contribution in [2.45, 2.75) is 76.4 Å². The average Bonchev–Trinajstić information content (AvgIpc) is 3.50. The lowest BCUT2D eigenvalue weighted by atomic mass is 9.96. The number of benzene rings is 1. The Morgan fingerprint density at radius 2 is 1.64 bits per heavy atom. The molecule has 13 nitrogen and oxygen atoms in total. The van der Waals surface area contributed by atoms with Gasteiger partial charge in [-0.15, -0.1) is 0 Å². The molecule has 0 aliphatic heterocycles. The molecule has 2 aromatic heterocycles. The summed E-state index contributed by atoms with van der Waals surface area (Å²) in [5.41, 5.74) is 0.516. The summed E-state index contributed by atoms with van der Waals surface area (Å²) in [5.74, 6) is -3.32. The Balaban J connectivity index is 1.81. The van der Waals surface area contributed by atoms with Crippen molar-refractivity contribution in [1.29, 1.82) is 0 Å². The van der Waals surface area contributed by atoms with Crippen molar-refractivity contribution in [2.24, 2.45) is 5.92 Å². The van der Waals surface area contributed by atoms with Gasteiger partial charge in [0.05, 0.1) is 16.1 Å². The third-order valence-corrected chi connectivity index (χ3v) is 8.04. The predicted molar refractivity (Wildman–Crippen MR) is 189 cm³/mol. The van der Waals surface area contributed by atoms with Gasteiger partial charge in [-0.1, -0.05) is 71.5 Å². The van der Waals surface area contributed by atoms with E-state index in [9.17, 15) is 29.1 Å². The standard InChI is InChI=1S/C33H37Cl4N5O8/c1-17(2)28(40-30(46)21(9-10-26(44)45)39-32(48)49-33(3,4)5)24(43)12-14-42(31(47)29(36)37)18-11-13-38-22(15-18)25-16-23(41-50-25)27-19(34)7-6-8-20(27)35/h6-8,11,13,15-17,21,28-29H,9-10,12,14H2,1-5H3,(H,39,48)(H,40,46)(H,44,45). The number of halogens is 4. The lowest BCUT2D eigenvalue weighted by Crippen LogP contribution is -2.54. The van der Waals surface area contributed by atoms with Crippen LogP contribution >= 0.6 is 46.4 Å². The monoisotopic (exact) mass is 771 g/mol. The predicted octanol–water partition coefficient (Wildman–Crippen LogP) is 6.71. The minimum Gasteiger partial charge on any atom is -0.481 e. The van der Waals surface area contributed by atoms with Crippen LogP contribution in [0, 0.1) is 5.92 Å². The third-order valence-electron chi connectivity index (χ3n) is 7.04. The lowest BCUT2D eigenvalue weighted by Gasteiger charge is -2.27. The second-order valence-corrected chi connectivity index (χ2v) is 14.4. The van der Waals surface area contributed by atoms with Crippen LogP contribution in [0.2, 0.25) is 10.0 Å². The Bertz CT molecular complexity index is 1690. The fourth-order valence-corrected chi connectivity index (χ4v) is 5.53. The van der Waals surface area contributed by atoms with E-state index >= 15 is 0 Å². The van der Waals surface area contributed by atoms with Gasteiger partial charge >= 0.3 is 12.1 Å². The highest BCUT2D eigenvalue weighted by molar-refractivity contribution is 6.54. The van der Waals surface area contributed by atoms with E-state index < -0.39 is 64.5 Å². The fourth-order valence-electron chi connectivity index (χ4n) is 4.70. The Kier molecular flexibility index (Phi) is 14.5. The normalized spacial score (nSPS) is 12.7. The molecule has 0 radical (unpaired) electrons. The maximum Gasteiger partial charge on any atom is 0.408 e. The van der Waals surface area contributed by atoms with Gasteiger partial charge in [-0.05, 0) is 57.4 Å². The number of aliphatic carboxylic acids is 1. The van der Waals surface area contributed by atoms with E-state index in [0.29, 0.717) is 21.3 Å². The summed E-state index contributed by atoms with van der Waals surface area (Å²) in [7, 11) is 0. The number of Topliss-reactive ketones (excluding diaryl/α,β-unsaturated/α-hetero) is 1. The number of alkyl halides is 2. The third kappa shape index (κ3) is 11.6. The van der Waals surface area contributed by atoms with Gasteiger partial charge in [-0.2, -0.15) is 0 Å². The number of nitrogens with zero attached hydrogens (tertiary/aromatic N) is 3. The number of ether oxygens (including phenoxy) is 1. The second kappa shape index (κ2) is 17.8. The first kappa shape index (κ1) is 40.5.